The van der Waals surface area contributed by atoms with Crippen LogP contribution in [0.5, 0.6) is 0 Å². The molecule has 6 atom stereocenters. The van der Waals surface area contributed by atoms with Crippen LogP contribution in [-0.2, 0) is 43.0 Å². The van der Waals surface area contributed by atoms with Crippen molar-refractivity contribution in [2.75, 3.05) is 85.3 Å². The minimum Gasteiger partial charge on any atom is -0.465 e. The van der Waals surface area contributed by atoms with Crippen LogP contribution in [0, 0.1) is 17.8 Å². The molecule has 0 aromatic carbocycles. The van der Waals surface area contributed by atoms with Crippen LogP contribution in [0.1, 0.15) is 318 Å². The number of hydrogen-bond acceptors (Lipinski definition) is 15. The predicted molar refractivity (Wildman–Crippen MR) is 373 cm³/mol. The molecule has 6 unspecified atom stereocenters. The van der Waals surface area contributed by atoms with Gasteiger partial charge in [-0.15, -0.1) is 0 Å². The monoisotopic (exact) mass is 1310 g/mol. The van der Waals surface area contributed by atoms with Gasteiger partial charge in [0.1, 0.15) is 18.3 Å². The van der Waals surface area contributed by atoms with Gasteiger partial charge in [-0.3, -0.25) is 38.6 Å². The Kier molecular flexibility index (Phi) is 62.5. The Morgan fingerprint density at radius 2 is 0.543 bits per heavy atom. The fourth-order valence-corrected chi connectivity index (χ4v) is 11.8. The molecule has 7 N–H and O–H groups in total. The Morgan fingerprint density at radius 3 is 0.815 bits per heavy atom. The summed E-state index contributed by atoms with van der Waals surface area (Å²) in [7, 11) is 0. The molecule has 18 nitrogen and oxygen atoms in total. The van der Waals surface area contributed by atoms with Crippen LogP contribution in [0.4, 0.5) is 0 Å². The van der Waals surface area contributed by atoms with E-state index in [1.165, 1.54) is 77.0 Å². The number of esters is 3. The number of aliphatic hydroxyl groups excluding tert-OH is 4. The van der Waals surface area contributed by atoms with Crippen molar-refractivity contribution in [2.24, 2.45) is 17.8 Å². The number of carbonyl (C=O) groups is 6. The van der Waals surface area contributed by atoms with Crippen LogP contribution in [0.3, 0.4) is 0 Å². The third-order valence-corrected chi connectivity index (χ3v) is 17.8. The lowest BCUT2D eigenvalue weighted by Crippen LogP contribution is -2.49. The van der Waals surface area contributed by atoms with Crippen LogP contribution in [0.15, 0.2) is 0 Å². The summed E-state index contributed by atoms with van der Waals surface area (Å²) in [6.07, 6.45) is 38.5. The van der Waals surface area contributed by atoms with Crippen molar-refractivity contribution in [2.45, 2.75) is 336 Å². The van der Waals surface area contributed by atoms with E-state index in [2.05, 4.69) is 57.5 Å². The molecular formula is C74H143N5O13. The molecular weight excluding hydrogens is 1170 g/mol. The second-order valence-corrected chi connectivity index (χ2v) is 26.5. The molecule has 0 bridgehead atoms. The number of rotatable bonds is 69. The predicted octanol–water partition coefficient (Wildman–Crippen LogP) is 13.4. The molecule has 0 aliphatic rings. The molecule has 0 radical (unpaired) electrons. The topological polar surface area (TPSA) is 254 Å². The van der Waals surface area contributed by atoms with Crippen molar-refractivity contribution >= 4 is 35.6 Å². The summed E-state index contributed by atoms with van der Waals surface area (Å²) in [5.41, 5.74) is 0. The van der Waals surface area contributed by atoms with Crippen molar-refractivity contribution in [1.29, 1.82) is 0 Å². The van der Waals surface area contributed by atoms with E-state index in [0.29, 0.717) is 51.5 Å². The number of hydrogen-bond donors (Lipinski definition) is 7. The number of nitrogens with zero attached hydrogens (tertiary/aromatic N) is 2. The highest BCUT2D eigenvalue weighted by Gasteiger charge is 2.26. The molecule has 92 heavy (non-hydrogen) atoms. The maximum Gasteiger partial charge on any atom is 0.308 e. The molecule has 0 aliphatic carbocycles. The first-order valence-corrected chi connectivity index (χ1v) is 38.2. The Morgan fingerprint density at radius 1 is 0.304 bits per heavy atom. The van der Waals surface area contributed by atoms with Crippen molar-refractivity contribution in [3.05, 3.63) is 0 Å². The molecule has 542 valence electrons. The molecule has 0 aromatic heterocycles. The Balaban J connectivity index is 5.59. The molecule has 3 amide bonds. The van der Waals surface area contributed by atoms with Gasteiger partial charge in [-0.2, -0.15) is 0 Å². The smallest absolute Gasteiger partial charge is 0.308 e. The van der Waals surface area contributed by atoms with Crippen LogP contribution >= 0.6 is 0 Å². The van der Waals surface area contributed by atoms with Crippen molar-refractivity contribution in [3.8, 4) is 0 Å². The van der Waals surface area contributed by atoms with Gasteiger partial charge in [0.2, 0.25) is 17.7 Å². The third-order valence-electron chi connectivity index (χ3n) is 17.8. The van der Waals surface area contributed by atoms with Gasteiger partial charge >= 0.3 is 17.9 Å². The summed E-state index contributed by atoms with van der Waals surface area (Å²) in [5, 5.41) is 51.7. The Bertz CT molecular complexity index is 1670. The summed E-state index contributed by atoms with van der Waals surface area (Å²) < 4.78 is 17.2. The summed E-state index contributed by atoms with van der Waals surface area (Å²) in [6, 6.07) is 0. The normalized spacial score (nSPS) is 13.6. The third kappa shape index (κ3) is 51.9. The maximum atomic E-state index is 13.3. The van der Waals surface area contributed by atoms with Crippen molar-refractivity contribution in [1.82, 2.24) is 25.8 Å². The van der Waals surface area contributed by atoms with E-state index in [0.717, 1.165) is 154 Å². The molecule has 0 spiro atoms. The Hall–Kier alpha value is -3.42. The van der Waals surface area contributed by atoms with E-state index in [-0.39, 0.29) is 114 Å². The first kappa shape index (κ1) is 88.6. The molecule has 0 aromatic rings. The van der Waals surface area contributed by atoms with Gasteiger partial charge in [-0.1, -0.05) is 234 Å². The fourth-order valence-electron chi connectivity index (χ4n) is 11.8. The number of amides is 3. The van der Waals surface area contributed by atoms with Gasteiger partial charge in [-0.25, -0.2) is 0 Å². The van der Waals surface area contributed by atoms with E-state index in [1.807, 2.05) is 0 Å². The summed E-state index contributed by atoms with van der Waals surface area (Å²) in [4.78, 5) is 82.5. The van der Waals surface area contributed by atoms with E-state index in [4.69, 9.17) is 14.2 Å². The van der Waals surface area contributed by atoms with Gasteiger partial charge < -0.3 is 50.6 Å². The summed E-state index contributed by atoms with van der Waals surface area (Å²) >= 11 is 0. The van der Waals surface area contributed by atoms with E-state index in [1.54, 1.807) is 9.80 Å². The van der Waals surface area contributed by atoms with Gasteiger partial charge in [0.15, 0.2) is 0 Å². The average Bonchev–Trinajstić information content (AvgIpc) is 3.75. The van der Waals surface area contributed by atoms with Crippen LogP contribution in [0.25, 0.3) is 0 Å². The number of unbranched alkanes of at least 4 members (excludes halogenated alkanes) is 27. The van der Waals surface area contributed by atoms with E-state index >= 15 is 0 Å². The highest BCUT2D eigenvalue weighted by molar-refractivity contribution is 5.82. The number of aliphatic hydroxyl groups is 4. The second-order valence-electron chi connectivity index (χ2n) is 26.5. The van der Waals surface area contributed by atoms with Crippen molar-refractivity contribution in [3.63, 3.8) is 0 Å². The molecule has 0 aliphatic heterocycles. The lowest BCUT2D eigenvalue weighted by molar-refractivity contribution is -0.150. The number of ether oxygens (including phenoxy) is 3. The van der Waals surface area contributed by atoms with Crippen LogP contribution < -0.4 is 16.0 Å². The van der Waals surface area contributed by atoms with Gasteiger partial charge in [0.05, 0.1) is 44.2 Å². The lowest BCUT2D eigenvalue weighted by atomic mass is 9.94. The highest BCUT2D eigenvalue weighted by atomic mass is 16.5. The first-order valence-electron chi connectivity index (χ1n) is 38.2. The largest absolute Gasteiger partial charge is 0.465 e. The summed E-state index contributed by atoms with van der Waals surface area (Å²) in [5.74, 6) is -2.52. The number of nitrogens with one attached hydrogen (secondary N) is 3. The van der Waals surface area contributed by atoms with E-state index < -0.39 is 36.0 Å². The maximum absolute atomic E-state index is 13.3. The Labute approximate surface area is 561 Å². The molecule has 0 heterocycles. The van der Waals surface area contributed by atoms with Gasteiger partial charge in [0.25, 0.3) is 0 Å². The molecule has 0 fully saturated rings. The van der Waals surface area contributed by atoms with Crippen LogP contribution in [0.2, 0.25) is 0 Å². The standard InChI is InChI=1S/C74H143N5O13/c1-7-13-19-25-28-34-47-63(44-31-22-16-10-4)72(87)90-57-40-37-50-75-69(84)66(81)60-78(55-56-80)53-43-54-79(61-67(82)70(85)76-51-38-41-58-91-73(88)64(45-32-23-17-11-5)48-35-29-26-20-14-8-2)62-68(83)71(86)77-52-39-42-59-92-74(89)65(46-33-24-18-12-6)49-36-30-27-21-15-9-3/h63-68,80-83H,7-62H2,1-6H3,(H,75,84)(H,76,85)(H,77,86). The zero-order chi connectivity index (χ0) is 67.9. The molecule has 0 rings (SSSR count). The zero-order valence-corrected chi connectivity index (χ0v) is 59.9. The summed E-state index contributed by atoms with van der Waals surface area (Å²) in [6.45, 7) is 14.6. The first-order chi connectivity index (χ1) is 44.7. The SMILES string of the molecule is CCCCCCCCC(CCCCCC)C(=O)OCCCCNC(=O)C(O)CN(CCO)CCCN(CC(O)C(=O)NCCCCOC(=O)C(CCCCCC)CCCCCCCC)CC(O)C(=O)NCCCCOC(=O)C(CCCCCC)CCCCCCCC. The average molecular weight is 1310 g/mol. The van der Waals surface area contributed by atoms with Gasteiger partial charge in [-0.05, 0) is 96.6 Å². The number of carbonyl (C=O) groups excluding carboxylic acids is 6. The van der Waals surface area contributed by atoms with Gasteiger partial charge in [0, 0.05) is 45.8 Å². The molecule has 18 heteroatoms. The zero-order valence-electron chi connectivity index (χ0n) is 59.9. The fraction of sp³-hybridized carbons (Fsp3) is 0.919. The second kappa shape index (κ2) is 64.9. The minimum absolute atomic E-state index is 0.0750. The van der Waals surface area contributed by atoms with E-state index in [9.17, 15) is 49.2 Å². The highest BCUT2D eigenvalue weighted by Crippen LogP contribution is 2.24. The minimum atomic E-state index is -1.51. The molecule has 0 saturated carbocycles. The van der Waals surface area contributed by atoms with Crippen LogP contribution in [-0.4, -0.2) is 169 Å². The lowest BCUT2D eigenvalue weighted by Gasteiger charge is -2.29. The quantitative estimate of drug-likeness (QED) is 0.0170. The molecule has 0 saturated heterocycles. The van der Waals surface area contributed by atoms with Crippen molar-refractivity contribution < 1.29 is 63.4 Å².